The molecule has 1 atom stereocenters. The Hall–Kier alpha value is -1.10. The third kappa shape index (κ3) is 2.97. The van der Waals surface area contributed by atoms with Crippen LogP contribution in [0.15, 0.2) is 0 Å². The van der Waals surface area contributed by atoms with E-state index in [1.165, 1.54) is 0 Å². The van der Waals surface area contributed by atoms with Crippen LogP contribution in [0.5, 0.6) is 0 Å². The number of amides is 2. The number of hydrogen-bond donors (Lipinski definition) is 1. The zero-order valence-corrected chi connectivity index (χ0v) is 10.4. The van der Waals surface area contributed by atoms with Gasteiger partial charge in [-0.05, 0) is 19.8 Å². The molecule has 0 radical (unpaired) electrons. The molecule has 0 aromatic carbocycles. The summed E-state index contributed by atoms with van der Waals surface area (Å²) in [5.41, 5.74) is 0. The van der Waals surface area contributed by atoms with Crippen molar-refractivity contribution in [3.8, 4) is 0 Å². The van der Waals surface area contributed by atoms with E-state index in [1.807, 2.05) is 11.8 Å². The summed E-state index contributed by atoms with van der Waals surface area (Å²) < 4.78 is 0. The lowest BCUT2D eigenvalue weighted by molar-refractivity contribution is -0.143. The van der Waals surface area contributed by atoms with Crippen molar-refractivity contribution in [3.05, 3.63) is 0 Å². The molecule has 0 aliphatic carbocycles. The van der Waals surface area contributed by atoms with E-state index in [0.717, 1.165) is 39.0 Å². The number of carbonyl (C=O) groups is 2. The first kappa shape index (κ1) is 12.4. The number of nitrogens with one attached hydrogen (secondary N) is 1. The smallest absolute Gasteiger partial charge is 0.242 e. The molecule has 2 fully saturated rings. The Balaban J connectivity index is 1.89. The second-order valence-corrected chi connectivity index (χ2v) is 4.91. The van der Waals surface area contributed by atoms with Crippen molar-refractivity contribution >= 4 is 11.8 Å². The average molecular weight is 239 g/mol. The lowest BCUT2D eigenvalue weighted by Crippen LogP contribution is -2.55. The highest BCUT2D eigenvalue weighted by Crippen LogP contribution is 2.11. The van der Waals surface area contributed by atoms with Crippen LogP contribution in [0.2, 0.25) is 0 Å². The summed E-state index contributed by atoms with van der Waals surface area (Å²) in [6.07, 6.45) is 2.59. The highest BCUT2D eigenvalue weighted by atomic mass is 16.2. The van der Waals surface area contributed by atoms with Crippen LogP contribution in [0.25, 0.3) is 0 Å². The average Bonchev–Trinajstić information content (AvgIpc) is 2.32. The normalized spacial score (nSPS) is 26.2. The number of piperidine rings is 1. The molecule has 1 N–H and O–H groups in total. The third-order valence-electron chi connectivity index (χ3n) is 3.57. The Morgan fingerprint density at radius 2 is 2.24 bits per heavy atom. The van der Waals surface area contributed by atoms with Gasteiger partial charge in [0.2, 0.25) is 11.8 Å². The lowest BCUT2D eigenvalue weighted by Gasteiger charge is -2.36. The molecule has 0 bridgehead atoms. The quantitative estimate of drug-likeness (QED) is 0.727. The van der Waals surface area contributed by atoms with E-state index in [-0.39, 0.29) is 24.4 Å². The Bertz CT molecular complexity index is 306. The summed E-state index contributed by atoms with van der Waals surface area (Å²) in [6.45, 7) is 5.50. The van der Waals surface area contributed by atoms with Crippen molar-refractivity contribution in [1.29, 1.82) is 0 Å². The molecule has 0 unspecified atom stereocenters. The van der Waals surface area contributed by atoms with Gasteiger partial charge in [0.15, 0.2) is 0 Å². The number of rotatable bonds is 2. The number of likely N-dealkylation sites (tertiary alicyclic amines) is 1. The molecule has 17 heavy (non-hydrogen) atoms. The predicted octanol–water partition coefficient (Wildman–Crippen LogP) is -0.181. The second-order valence-electron chi connectivity index (χ2n) is 4.91. The Labute approximate surface area is 102 Å². The minimum Gasteiger partial charge on any atom is -0.336 e. The van der Waals surface area contributed by atoms with E-state index in [4.69, 9.17) is 0 Å². The summed E-state index contributed by atoms with van der Waals surface area (Å²) in [5, 5.41) is 3.26. The molecule has 2 heterocycles. The van der Waals surface area contributed by atoms with Crippen molar-refractivity contribution in [2.45, 2.75) is 32.2 Å². The molecular weight excluding hydrogens is 218 g/mol. The van der Waals surface area contributed by atoms with Crippen molar-refractivity contribution in [1.82, 2.24) is 15.1 Å². The maximum absolute atomic E-state index is 12.1. The van der Waals surface area contributed by atoms with Crippen molar-refractivity contribution in [3.63, 3.8) is 0 Å². The van der Waals surface area contributed by atoms with Gasteiger partial charge in [-0.2, -0.15) is 0 Å². The van der Waals surface area contributed by atoms with Gasteiger partial charge >= 0.3 is 0 Å². The van der Waals surface area contributed by atoms with Crippen molar-refractivity contribution < 1.29 is 9.59 Å². The zero-order chi connectivity index (χ0) is 12.3. The maximum Gasteiger partial charge on any atom is 0.242 e. The van der Waals surface area contributed by atoms with Gasteiger partial charge < -0.3 is 15.1 Å². The maximum atomic E-state index is 12.1. The monoisotopic (exact) mass is 239 g/mol. The van der Waals surface area contributed by atoms with Gasteiger partial charge in [0.25, 0.3) is 0 Å². The molecule has 0 saturated carbocycles. The summed E-state index contributed by atoms with van der Waals surface area (Å²) in [7, 11) is 0. The first-order valence-corrected chi connectivity index (χ1v) is 6.46. The van der Waals surface area contributed by atoms with Crippen molar-refractivity contribution in [2.24, 2.45) is 0 Å². The van der Waals surface area contributed by atoms with Gasteiger partial charge in [-0.25, -0.2) is 0 Å². The first-order chi connectivity index (χ1) is 8.18. The second kappa shape index (κ2) is 5.49. The van der Waals surface area contributed by atoms with Gasteiger partial charge in [0.05, 0.1) is 6.54 Å². The lowest BCUT2D eigenvalue weighted by atomic mass is 10.1. The predicted molar refractivity (Wildman–Crippen MR) is 64.5 cm³/mol. The summed E-state index contributed by atoms with van der Waals surface area (Å²) in [4.78, 5) is 27.4. The molecule has 5 nitrogen and oxygen atoms in total. The molecule has 0 aromatic heterocycles. The van der Waals surface area contributed by atoms with Crippen LogP contribution in [0.4, 0.5) is 0 Å². The van der Waals surface area contributed by atoms with E-state index < -0.39 is 0 Å². The summed E-state index contributed by atoms with van der Waals surface area (Å²) in [5.74, 6) is 0.224. The van der Waals surface area contributed by atoms with Gasteiger partial charge in [0, 0.05) is 38.6 Å². The van der Waals surface area contributed by atoms with Crippen LogP contribution in [0.1, 0.15) is 26.2 Å². The number of hydrogen-bond acceptors (Lipinski definition) is 3. The van der Waals surface area contributed by atoms with E-state index in [1.54, 1.807) is 4.90 Å². The topological polar surface area (TPSA) is 52.7 Å². The van der Waals surface area contributed by atoms with Crippen LogP contribution < -0.4 is 5.32 Å². The molecule has 0 spiro atoms. The summed E-state index contributed by atoms with van der Waals surface area (Å²) in [6, 6.07) is 0.233. The Morgan fingerprint density at radius 1 is 1.41 bits per heavy atom. The van der Waals surface area contributed by atoms with Crippen LogP contribution in [-0.2, 0) is 9.59 Å². The number of nitrogens with zero attached hydrogens (tertiary/aromatic N) is 2. The molecule has 2 aliphatic rings. The molecule has 2 saturated heterocycles. The van der Waals surface area contributed by atoms with Crippen LogP contribution in [-0.4, -0.2) is 60.4 Å². The highest BCUT2D eigenvalue weighted by molar-refractivity contribution is 5.85. The third-order valence-corrected chi connectivity index (χ3v) is 3.57. The van der Waals surface area contributed by atoms with Crippen LogP contribution in [0.3, 0.4) is 0 Å². The van der Waals surface area contributed by atoms with E-state index in [2.05, 4.69) is 5.32 Å². The van der Waals surface area contributed by atoms with Gasteiger partial charge in [-0.3, -0.25) is 9.59 Å². The molecular formula is C12H21N3O2. The Morgan fingerprint density at radius 3 is 2.94 bits per heavy atom. The van der Waals surface area contributed by atoms with Crippen LogP contribution in [0, 0.1) is 0 Å². The first-order valence-electron chi connectivity index (χ1n) is 6.46. The molecule has 96 valence electrons. The van der Waals surface area contributed by atoms with E-state index >= 15 is 0 Å². The fraction of sp³-hybridized carbons (Fsp3) is 0.833. The minimum atomic E-state index is 0.0919. The van der Waals surface area contributed by atoms with Crippen LogP contribution >= 0.6 is 0 Å². The van der Waals surface area contributed by atoms with Gasteiger partial charge in [0.1, 0.15) is 0 Å². The van der Waals surface area contributed by atoms with Crippen molar-refractivity contribution in [2.75, 3.05) is 32.7 Å². The SMILES string of the molecule is C[C@@H]1CNCCN1C(=O)CN1CCCCC1=O. The largest absolute Gasteiger partial charge is 0.336 e. The van der Waals surface area contributed by atoms with E-state index in [9.17, 15) is 9.59 Å². The fourth-order valence-electron chi connectivity index (χ4n) is 2.49. The number of piperazine rings is 1. The Kier molecular flexibility index (Phi) is 3.99. The highest BCUT2D eigenvalue weighted by Gasteiger charge is 2.27. The zero-order valence-electron chi connectivity index (χ0n) is 10.4. The molecule has 2 aliphatic heterocycles. The molecule has 2 amide bonds. The molecule has 5 heteroatoms. The standard InChI is InChI=1S/C12H21N3O2/c1-10-8-13-5-7-15(10)12(17)9-14-6-3-2-4-11(14)16/h10,13H,2-9H2,1H3/t10-/m1/s1. The summed E-state index contributed by atoms with van der Waals surface area (Å²) >= 11 is 0. The minimum absolute atomic E-state index is 0.0919. The molecule has 0 aromatic rings. The number of carbonyl (C=O) groups excluding carboxylic acids is 2. The van der Waals surface area contributed by atoms with Gasteiger partial charge in [-0.1, -0.05) is 0 Å². The molecule has 2 rings (SSSR count). The van der Waals surface area contributed by atoms with E-state index in [0.29, 0.717) is 6.42 Å². The van der Waals surface area contributed by atoms with Gasteiger partial charge in [-0.15, -0.1) is 0 Å². The fourth-order valence-corrected chi connectivity index (χ4v) is 2.49.